The number of carboxylic acids is 1. The number of hydrogen-bond acceptors (Lipinski definition) is 3. The molecule has 2 N–H and O–H groups in total. The Morgan fingerprint density at radius 2 is 2.09 bits per heavy atom. The number of likely N-dealkylation sites (tertiary alicyclic amines) is 1. The highest BCUT2D eigenvalue weighted by Crippen LogP contribution is 2.30. The number of halogens is 3. The molecule has 6 nitrogen and oxygen atoms in total. The summed E-state index contributed by atoms with van der Waals surface area (Å²) in [5.74, 6) is -0.969. The van der Waals surface area contributed by atoms with E-state index in [2.05, 4.69) is 10.1 Å². The zero-order chi connectivity index (χ0) is 17.0. The number of alkyl halides is 3. The van der Waals surface area contributed by atoms with Crippen molar-refractivity contribution in [3.8, 4) is 0 Å². The Hall–Kier alpha value is -1.51. The smallest absolute Gasteiger partial charge is 0.411 e. The Morgan fingerprint density at radius 1 is 1.45 bits per heavy atom. The molecule has 2 unspecified atom stereocenters. The first kappa shape index (κ1) is 18.5. The van der Waals surface area contributed by atoms with Crippen LogP contribution >= 0.6 is 0 Å². The summed E-state index contributed by atoms with van der Waals surface area (Å²) in [6, 6.07) is -1.03. The number of carboxylic acid groups (broad SMARTS) is 1. The fraction of sp³-hybridized carbons (Fsp3) is 0.846. The van der Waals surface area contributed by atoms with Crippen LogP contribution in [0.3, 0.4) is 0 Å². The van der Waals surface area contributed by atoms with Gasteiger partial charge in [0.05, 0.1) is 18.1 Å². The largest absolute Gasteiger partial charge is 0.481 e. The van der Waals surface area contributed by atoms with Gasteiger partial charge in [-0.25, -0.2) is 4.79 Å². The Balaban J connectivity index is 2.44. The number of aliphatic carboxylic acids is 1. The topological polar surface area (TPSA) is 78.9 Å². The second-order valence-electron chi connectivity index (χ2n) is 5.72. The lowest BCUT2D eigenvalue weighted by Gasteiger charge is -2.24. The first-order chi connectivity index (χ1) is 10.1. The van der Waals surface area contributed by atoms with Crippen molar-refractivity contribution in [1.29, 1.82) is 0 Å². The minimum absolute atomic E-state index is 0.0774. The van der Waals surface area contributed by atoms with E-state index in [1.54, 1.807) is 13.8 Å². The minimum Gasteiger partial charge on any atom is -0.481 e. The predicted octanol–water partition coefficient (Wildman–Crippen LogP) is 1.85. The Morgan fingerprint density at radius 3 is 2.55 bits per heavy atom. The number of amides is 2. The van der Waals surface area contributed by atoms with Gasteiger partial charge in [0.2, 0.25) is 0 Å². The molecule has 1 aliphatic heterocycles. The summed E-state index contributed by atoms with van der Waals surface area (Å²) in [5.41, 5.74) is -0.980. The highest BCUT2D eigenvalue weighted by atomic mass is 19.4. The highest BCUT2D eigenvalue weighted by Gasteiger charge is 2.42. The van der Waals surface area contributed by atoms with Crippen molar-refractivity contribution in [2.45, 2.75) is 38.9 Å². The number of carbonyl (C=O) groups is 2. The maximum Gasteiger partial charge on any atom is 0.411 e. The monoisotopic (exact) mass is 326 g/mol. The van der Waals surface area contributed by atoms with E-state index in [-0.39, 0.29) is 13.2 Å². The molecule has 22 heavy (non-hydrogen) atoms. The van der Waals surface area contributed by atoms with E-state index in [4.69, 9.17) is 5.11 Å². The molecular weight excluding hydrogens is 305 g/mol. The third kappa shape index (κ3) is 5.36. The van der Waals surface area contributed by atoms with Crippen molar-refractivity contribution >= 4 is 12.0 Å². The van der Waals surface area contributed by atoms with Crippen LogP contribution in [0.1, 0.15) is 26.7 Å². The van der Waals surface area contributed by atoms with Gasteiger partial charge in [0.1, 0.15) is 6.61 Å². The van der Waals surface area contributed by atoms with Gasteiger partial charge in [-0.3, -0.25) is 4.79 Å². The van der Waals surface area contributed by atoms with Crippen LogP contribution in [0.5, 0.6) is 0 Å². The van der Waals surface area contributed by atoms with Crippen molar-refractivity contribution in [3.63, 3.8) is 0 Å². The number of nitrogens with zero attached hydrogens (tertiary/aromatic N) is 1. The molecule has 0 aromatic rings. The van der Waals surface area contributed by atoms with Crippen LogP contribution in [0.2, 0.25) is 0 Å². The van der Waals surface area contributed by atoms with E-state index in [1.165, 1.54) is 4.90 Å². The summed E-state index contributed by atoms with van der Waals surface area (Å²) in [4.78, 5) is 24.5. The summed E-state index contributed by atoms with van der Waals surface area (Å²) in [6.45, 7) is 2.05. The van der Waals surface area contributed by atoms with Crippen LogP contribution < -0.4 is 5.32 Å². The van der Waals surface area contributed by atoms with E-state index < -0.39 is 36.2 Å². The average molecular weight is 326 g/mol. The van der Waals surface area contributed by atoms with Gasteiger partial charge in [0, 0.05) is 13.1 Å². The Kier molecular flexibility index (Phi) is 6.04. The molecule has 1 aliphatic rings. The quantitative estimate of drug-likeness (QED) is 0.781. The lowest BCUT2D eigenvalue weighted by atomic mass is 9.90. The maximum absolute atomic E-state index is 12.0. The summed E-state index contributed by atoms with van der Waals surface area (Å²) in [6.07, 6.45) is -3.65. The van der Waals surface area contributed by atoms with Crippen LogP contribution in [0.25, 0.3) is 0 Å². The van der Waals surface area contributed by atoms with Gasteiger partial charge < -0.3 is 20.1 Å². The Bertz CT molecular complexity index is 417. The van der Waals surface area contributed by atoms with Gasteiger partial charge in [-0.2, -0.15) is 13.2 Å². The standard InChI is InChI=1S/C13H21F3N2O4/c1-3-9(6-22-8-13(14,15)16)17-11(21)18-5-4-12(2,7-18)10(19)20/h9H,3-8H2,1-2H3,(H,17,21)(H,19,20). The molecule has 128 valence electrons. The molecule has 0 aliphatic carbocycles. The molecule has 0 spiro atoms. The Labute approximate surface area is 126 Å². The lowest BCUT2D eigenvalue weighted by Crippen LogP contribution is -2.46. The SMILES string of the molecule is CCC(COCC(F)(F)F)NC(=O)N1CCC(C)(C(=O)O)C1. The summed E-state index contributed by atoms with van der Waals surface area (Å²) >= 11 is 0. The first-order valence-corrected chi connectivity index (χ1v) is 7.01. The molecule has 1 rings (SSSR count). The highest BCUT2D eigenvalue weighted by molar-refractivity contribution is 5.79. The molecule has 1 heterocycles. The average Bonchev–Trinajstić information content (AvgIpc) is 2.80. The van der Waals surface area contributed by atoms with E-state index in [9.17, 15) is 22.8 Å². The van der Waals surface area contributed by atoms with Crippen molar-refractivity contribution in [2.24, 2.45) is 5.41 Å². The van der Waals surface area contributed by atoms with E-state index in [0.717, 1.165) is 0 Å². The summed E-state index contributed by atoms with van der Waals surface area (Å²) < 4.78 is 40.6. The fourth-order valence-corrected chi connectivity index (χ4v) is 2.15. The van der Waals surface area contributed by atoms with Crippen molar-refractivity contribution in [1.82, 2.24) is 10.2 Å². The first-order valence-electron chi connectivity index (χ1n) is 7.01. The molecule has 0 saturated carbocycles. The van der Waals surface area contributed by atoms with Gasteiger partial charge in [-0.1, -0.05) is 6.92 Å². The molecule has 9 heteroatoms. The summed E-state index contributed by atoms with van der Waals surface area (Å²) in [7, 11) is 0. The summed E-state index contributed by atoms with van der Waals surface area (Å²) in [5, 5.41) is 11.7. The zero-order valence-corrected chi connectivity index (χ0v) is 12.6. The van der Waals surface area contributed by atoms with Gasteiger partial charge in [-0.05, 0) is 19.8 Å². The number of carbonyl (C=O) groups excluding carboxylic acids is 1. The van der Waals surface area contributed by atoms with Crippen LogP contribution in [0.15, 0.2) is 0 Å². The number of hydrogen-bond donors (Lipinski definition) is 2. The van der Waals surface area contributed by atoms with Crippen LogP contribution in [0.4, 0.5) is 18.0 Å². The molecule has 1 fully saturated rings. The van der Waals surface area contributed by atoms with Crippen molar-refractivity contribution in [3.05, 3.63) is 0 Å². The van der Waals surface area contributed by atoms with Gasteiger partial charge in [0.25, 0.3) is 0 Å². The second kappa shape index (κ2) is 7.17. The molecule has 0 aromatic carbocycles. The van der Waals surface area contributed by atoms with E-state index in [0.29, 0.717) is 19.4 Å². The molecule has 0 bridgehead atoms. The molecule has 0 aromatic heterocycles. The van der Waals surface area contributed by atoms with Crippen molar-refractivity contribution < 1.29 is 32.6 Å². The number of rotatable bonds is 6. The molecule has 2 amide bonds. The second-order valence-corrected chi connectivity index (χ2v) is 5.72. The minimum atomic E-state index is -4.40. The molecule has 2 atom stereocenters. The van der Waals surface area contributed by atoms with Crippen LogP contribution in [-0.4, -0.2) is 60.5 Å². The van der Waals surface area contributed by atoms with E-state index in [1.807, 2.05) is 0 Å². The third-order valence-corrected chi connectivity index (χ3v) is 3.68. The van der Waals surface area contributed by atoms with Gasteiger partial charge in [-0.15, -0.1) is 0 Å². The van der Waals surface area contributed by atoms with E-state index >= 15 is 0 Å². The molecule has 1 saturated heterocycles. The lowest BCUT2D eigenvalue weighted by molar-refractivity contribution is -0.175. The van der Waals surface area contributed by atoms with Gasteiger partial charge in [0.15, 0.2) is 0 Å². The number of urea groups is 1. The predicted molar refractivity (Wildman–Crippen MR) is 71.4 cm³/mol. The fourth-order valence-electron chi connectivity index (χ4n) is 2.15. The maximum atomic E-state index is 12.0. The van der Waals surface area contributed by atoms with Crippen molar-refractivity contribution in [2.75, 3.05) is 26.3 Å². The van der Waals surface area contributed by atoms with Crippen LogP contribution in [0, 0.1) is 5.41 Å². The number of ether oxygens (including phenoxy) is 1. The number of nitrogens with one attached hydrogen (secondary N) is 1. The molecule has 0 radical (unpaired) electrons. The normalized spacial score (nSPS) is 23.4. The van der Waals surface area contributed by atoms with Gasteiger partial charge >= 0.3 is 18.2 Å². The zero-order valence-electron chi connectivity index (χ0n) is 12.6. The van der Waals surface area contributed by atoms with Crippen LogP contribution in [-0.2, 0) is 9.53 Å². The molecular formula is C13H21F3N2O4. The third-order valence-electron chi connectivity index (χ3n) is 3.68.